The molecular weight excluding hydrogens is 268 g/mol. The Kier molecular flexibility index (Phi) is 5.12. The minimum Gasteiger partial charge on any atom is -0.390 e. The lowest BCUT2D eigenvalue weighted by Gasteiger charge is -2.22. The minimum absolute atomic E-state index is 0.111. The van der Waals surface area contributed by atoms with Gasteiger partial charge in [0.1, 0.15) is 11.5 Å². The van der Waals surface area contributed by atoms with E-state index in [1.165, 1.54) is 6.20 Å². The Morgan fingerprint density at radius 2 is 2.24 bits per heavy atom. The first-order chi connectivity index (χ1) is 10.0. The van der Waals surface area contributed by atoms with Crippen molar-refractivity contribution >= 4 is 11.7 Å². The Balaban J connectivity index is 2.05. The van der Waals surface area contributed by atoms with Gasteiger partial charge in [0, 0.05) is 19.6 Å². The van der Waals surface area contributed by atoms with Crippen molar-refractivity contribution in [2.75, 3.05) is 25.0 Å². The van der Waals surface area contributed by atoms with E-state index in [9.17, 15) is 9.90 Å². The number of aromatic nitrogens is 2. The van der Waals surface area contributed by atoms with Gasteiger partial charge in [-0.3, -0.25) is 9.78 Å². The van der Waals surface area contributed by atoms with E-state index in [1.807, 2.05) is 6.92 Å². The molecule has 0 radical (unpaired) electrons. The molecule has 1 amide bonds. The summed E-state index contributed by atoms with van der Waals surface area (Å²) in [5, 5.41) is 13.2. The molecule has 0 bridgehead atoms. The van der Waals surface area contributed by atoms with Crippen molar-refractivity contribution in [1.29, 1.82) is 0 Å². The fourth-order valence-corrected chi connectivity index (χ4v) is 2.44. The van der Waals surface area contributed by atoms with Crippen LogP contribution in [-0.2, 0) is 0 Å². The molecule has 1 atom stereocenters. The van der Waals surface area contributed by atoms with Crippen LogP contribution in [0.2, 0.25) is 0 Å². The van der Waals surface area contributed by atoms with Crippen molar-refractivity contribution in [3.63, 3.8) is 0 Å². The molecule has 116 valence electrons. The Hall–Kier alpha value is -1.69. The van der Waals surface area contributed by atoms with Crippen molar-refractivity contribution < 1.29 is 9.90 Å². The van der Waals surface area contributed by atoms with Crippen LogP contribution in [0.15, 0.2) is 12.4 Å². The summed E-state index contributed by atoms with van der Waals surface area (Å²) in [6, 6.07) is 0. The molecular formula is C15H24N4O2. The number of hydrogen-bond donors (Lipinski definition) is 2. The van der Waals surface area contributed by atoms with Gasteiger partial charge in [-0.05, 0) is 32.6 Å². The van der Waals surface area contributed by atoms with Gasteiger partial charge in [-0.15, -0.1) is 0 Å². The monoisotopic (exact) mass is 292 g/mol. The SMILES string of the molecule is CCCNc1cncc(C(=O)N2CCCC(C)(O)CC2)n1. The van der Waals surface area contributed by atoms with Crippen LogP contribution in [0.3, 0.4) is 0 Å². The number of carbonyl (C=O) groups excluding carboxylic acids is 1. The standard InChI is InChI=1S/C15H24N4O2/c1-3-7-17-13-11-16-10-12(18-13)14(20)19-8-4-5-15(2,21)6-9-19/h10-11,21H,3-9H2,1-2H3,(H,17,18). The van der Waals surface area contributed by atoms with Crippen molar-refractivity contribution in [3.8, 4) is 0 Å². The van der Waals surface area contributed by atoms with E-state index < -0.39 is 5.60 Å². The van der Waals surface area contributed by atoms with Gasteiger partial charge in [-0.25, -0.2) is 4.98 Å². The van der Waals surface area contributed by atoms with E-state index >= 15 is 0 Å². The molecule has 1 aromatic rings. The second kappa shape index (κ2) is 6.85. The summed E-state index contributed by atoms with van der Waals surface area (Å²) < 4.78 is 0. The number of anilines is 1. The fourth-order valence-electron chi connectivity index (χ4n) is 2.44. The van der Waals surface area contributed by atoms with Crippen LogP contribution < -0.4 is 5.32 Å². The maximum absolute atomic E-state index is 12.5. The summed E-state index contributed by atoms with van der Waals surface area (Å²) in [4.78, 5) is 22.7. The molecule has 0 spiro atoms. The normalized spacial score (nSPS) is 22.7. The molecule has 2 rings (SSSR count). The van der Waals surface area contributed by atoms with Gasteiger partial charge < -0.3 is 15.3 Å². The Morgan fingerprint density at radius 3 is 3.00 bits per heavy atom. The van der Waals surface area contributed by atoms with Crippen molar-refractivity contribution in [1.82, 2.24) is 14.9 Å². The van der Waals surface area contributed by atoms with Gasteiger partial charge in [0.05, 0.1) is 18.0 Å². The van der Waals surface area contributed by atoms with Crippen LogP contribution in [0.1, 0.15) is 50.0 Å². The quantitative estimate of drug-likeness (QED) is 0.882. The number of carbonyl (C=O) groups is 1. The molecule has 6 nitrogen and oxygen atoms in total. The zero-order valence-electron chi connectivity index (χ0n) is 12.8. The highest BCUT2D eigenvalue weighted by molar-refractivity contribution is 5.92. The van der Waals surface area contributed by atoms with Gasteiger partial charge in [0.25, 0.3) is 5.91 Å². The highest BCUT2D eigenvalue weighted by Crippen LogP contribution is 2.22. The third-order valence-corrected chi connectivity index (χ3v) is 3.76. The van der Waals surface area contributed by atoms with Gasteiger partial charge >= 0.3 is 0 Å². The zero-order valence-corrected chi connectivity index (χ0v) is 12.8. The molecule has 21 heavy (non-hydrogen) atoms. The molecule has 1 saturated heterocycles. The average molecular weight is 292 g/mol. The summed E-state index contributed by atoms with van der Waals surface area (Å²) in [6.45, 7) is 5.91. The van der Waals surface area contributed by atoms with E-state index in [-0.39, 0.29) is 5.91 Å². The van der Waals surface area contributed by atoms with Crippen molar-refractivity contribution in [2.45, 2.75) is 45.1 Å². The first kappa shape index (κ1) is 15.7. The van der Waals surface area contributed by atoms with E-state index in [1.54, 1.807) is 11.1 Å². The van der Waals surface area contributed by atoms with E-state index in [2.05, 4.69) is 22.2 Å². The van der Waals surface area contributed by atoms with Gasteiger partial charge in [0.2, 0.25) is 0 Å². The van der Waals surface area contributed by atoms with E-state index in [0.717, 1.165) is 25.8 Å². The summed E-state index contributed by atoms with van der Waals surface area (Å²) in [5.74, 6) is 0.518. The molecule has 0 saturated carbocycles. The summed E-state index contributed by atoms with van der Waals surface area (Å²) >= 11 is 0. The van der Waals surface area contributed by atoms with E-state index in [0.29, 0.717) is 31.0 Å². The zero-order chi connectivity index (χ0) is 15.3. The lowest BCUT2D eigenvalue weighted by atomic mass is 9.98. The predicted molar refractivity (Wildman–Crippen MR) is 81.2 cm³/mol. The van der Waals surface area contributed by atoms with Crippen LogP contribution in [-0.4, -0.2) is 51.1 Å². The second-order valence-corrected chi connectivity index (χ2v) is 5.86. The molecule has 2 N–H and O–H groups in total. The summed E-state index contributed by atoms with van der Waals surface area (Å²) in [7, 11) is 0. The van der Waals surface area contributed by atoms with Crippen LogP contribution in [0.4, 0.5) is 5.82 Å². The van der Waals surface area contributed by atoms with Crippen molar-refractivity contribution in [2.24, 2.45) is 0 Å². The van der Waals surface area contributed by atoms with Gasteiger partial charge in [-0.1, -0.05) is 6.92 Å². The first-order valence-corrected chi connectivity index (χ1v) is 7.59. The van der Waals surface area contributed by atoms with Crippen molar-refractivity contribution in [3.05, 3.63) is 18.1 Å². The molecule has 1 aliphatic heterocycles. The van der Waals surface area contributed by atoms with Crippen LogP contribution >= 0.6 is 0 Å². The minimum atomic E-state index is -0.675. The molecule has 6 heteroatoms. The van der Waals surface area contributed by atoms with Crippen LogP contribution in [0.25, 0.3) is 0 Å². The number of nitrogens with zero attached hydrogens (tertiary/aromatic N) is 3. The highest BCUT2D eigenvalue weighted by atomic mass is 16.3. The molecule has 1 unspecified atom stereocenters. The summed E-state index contributed by atoms with van der Waals surface area (Å²) in [6.07, 6.45) is 6.24. The lowest BCUT2D eigenvalue weighted by Crippen LogP contribution is -2.34. The Bertz CT molecular complexity index is 490. The number of nitrogens with one attached hydrogen (secondary N) is 1. The maximum Gasteiger partial charge on any atom is 0.274 e. The smallest absolute Gasteiger partial charge is 0.274 e. The highest BCUT2D eigenvalue weighted by Gasteiger charge is 2.28. The van der Waals surface area contributed by atoms with Crippen LogP contribution in [0.5, 0.6) is 0 Å². The van der Waals surface area contributed by atoms with Crippen LogP contribution in [0, 0.1) is 0 Å². The third-order valence-electron chi connectivity index (χ3n) is 3.76. The first-order valence-electron chi connectivity index (χ1n) is 7.59. The summed E-state index contributed by atoms with van der Waals surface area (Å²) in [5.41, 5.74) is -0.316. The maximum atomic E-state index is 12.5. The molecule has 1 aromatic heterocycles. The molecule has 2 heterocycles. The van der Waals surface area contributed by atoms with E-state index in [4.69, 9.17) is 0 Å². The number of hydrogen-bond acceptors (Lipinski definition) is 5. The molecule has 0 aliphatic carbocycles. The number of rotatable bonds is 4. The molecule has 0 aromatic carbocycles. The predicted octanol–water partition coefficient (Wildman–Crippen LogP) is 1.68. The fraction of sp³-hybridized carbons (Fsp3) is 0.667. The topological polar surface area (TPSA) is 78.4 Å². The Morgan fingerprint density at radius 1 is 1.43 bits per heavy atom. The number of likely N-dealkylation sites (tertiary alicyclic amines) is 1. The average Bonchev–Trinajstić information content (AvgIpc) is 2.65. The van der Waals surface area contributed by atoms with Gasteiger partial charge in [0.15, 0.2) is 0 Å². The third kappa shape index (κ3) is 4.39. The number of aliphatic hydroxyl groups is 1. The molecule has 1 aliphatic rings. The largest absolute Gasteiger partial charge is 0.390 e. The van der Waals surface area contributed by atoms with Gasteiger partial charge in [-0.2, -0.15) is 0 Å². The lowest BCUT2D eigenvalue weighted by molar-refractivity contribution is 0.0437. The number of amides is 1. The second-order valence-electron chi connectivity index (χ2n) is 5.86. The Labute approximate surface area is 125 Å². The molecule has 1 fully saturated rings.